The Balaban J connectivity index is 1.28. The molecule has 2 amide bonds. The van der Waals surface area contributed by atoms with Gasteiger partial charge in [0.1, 0.15) is 5.82 Å². The molecule has 6 heteroatoms. The van der Waals surface area contributed by atoms with Crippen LogP contribution in [0.25, 0.3) is 10.8 Å². The van der Waals surface area contributed by atoms with Gasteiger partial charge in [0.25, 0.3) is 0 Å². The van der Waals surface area contributed by atoms with Gasteiger partial charge in [-0.1, -0.05) is 42.5 Å². The van der Waals surface area contributed by atoms with Crippen LogP contribution in [0.5, 0.6) is 0 Å². The fourth-order valence-corrected chi connectivity index (χ4v) is 3.89. The average Bonchev–Trinajstić information content (AvgIpc) is 2.74. The largest absolute Gasteiger partial charge is 0.326 e. The summed E-state index contributed by atoms with van der Waals surface area (Å²) in [5.74, 6) is -0.667. The third-order valence-electron chi connectivity index (χ3n) is 5.48. The summed E-state index contributed by atoms with van der Waals surface area (Å²) >= 11 is 0. The zero-order valence-corrected chi connectivity index (χ0v) is 16.6. The summed E-state index contributed by atoms with van der Waals surface area (Å²) in [6, 6.07) is 19.7. The number of nitrogens with one attached hydrogen (secondary N) is 2. The van der Waals surface area contributed by atoms with Gasteiger partial charge in [-0.2, -0.15) is 0 Å². The van der Waals surface area contributed by atoms with Crippen LogP contribution in [-0.4, -0.2) is 36.3 Å². The van der Waals surface area contributed by atoms with E-state index < -0.39 is 0 Å². The van der Waals surface area contributed by atoms with Gasteiger partial charge in [-0.3, -0.25) is 14.5 Å². The van der Waals surface area contributed by atoms with Crippen molar-refractivity contribution in [3.05, 3.63) is 72.5 Å². The zero-order valence-electron chi connectivity index (χ0n) is 16.6. The van der Waals surface area contributed by atoms with Gasteiger partial charge in [0.15, 0.2) is 0 Å². The van der Waals surface area contributed by atoms with Crippen LogP contribution in [-0.2, 0) is 9.59 Å². The number of piperidine rings is 1. The van der Waals surface area contributed by atoms with Crippen LogP contribution in [0.15, 0.2) is 66.7 Å². The normalized spacial score (nSPS) is 15.1. The van der Waals surface area contributed by atoms with E-state index >= 15 is 0 Å². The fraction of sp³-hybridized carbons (Fsp3) is 0.250. The molecule has 2 N–H and O–H groups in total. The number of fused-ring (bicyclic) bond motifs is 1. The molecule has 3 aromatic rings. The zero-order chi connectivity index (χ0) is 20.9. The summed E-state index contributed by atoms with van der Waals surface area (Å²) in [5, 5.41) is 7.89. The molecule has 4 rings (SSSR count). The minimum atomic E-state index is -0.375. The van der Waals surface area contributed by atoms with Crippen LogP contribution >= 0.6 is 0 Å². The van der Waals surface area contributed by atoms with Crippen molar-refractivity contribution in [2.45, 2.75) is 12.8 Å². The number of hydrogen-bond acceptors (Lipinski definition) is 3. The van der Waals surface area contributed by atoms with Gasteiger partial charge < -0.3 is 10.6 Å². The first-order valence-electron chi connectivity index (χ1n) is 10.1. The minimum absolute atomic E-state index is 0.0611. The SMILES string of the molecule is O=C(CN1CCC(C(=O)Nc2cccc(F)c2)CC1)Nc1cccc2ccccc12. The van der Waals surface area contributed by atoms with E-state index in [1.807, 2.05) is 42.5 Å². The lowest BCUT2D eigenvalue weighted by Crippen LogP contribution is -2.41. The number of benzene rings is 3. The summed E-state index contributed by atoms with van der Waals surface area (Å²) in [6.45, 7) is 1.63. The highest BCUT2D eigenvalue weighted by Crippen LogP contribution is 2.23. The molecule has 3 aromatic carbocycles. The number of hydrogen-bond donors (Lipinski definition) is 2. The molecule has 1 saturated heterocycles. The van der Waals surface area contributed by atoms with Crippen molar-refractivity contribution in [3.63, 3.8) is 0 Å². The fourth-order valence-electron chi connectivity index (χ4n) is 3.89. The standard InChI is InChI=1S/C24H24FN3O2/c25-19-7-4-8-20(15-19)26-24(30)18-11-13-28(14-12-18)16-23(29)27-22-10-3-6-17-5-1-2-9-21(17)22/h1-10,15,18H,11-14,16H2,(H,26,30)(H,27,29). The van der Waals surface area contributed by atoms with E-state index in [4.69, 9.17) is 0 Å². The molecule has 0 spiro atoms. The first-order valence-corrected chi connectivity index (χ1v) is 10.1. The van der Waals surface area contributed by atoms with E-state index in [0.29, 0.717) is 38.2 Å². The summed E-state index contributed by atoms with van der Waals surface area (Å²) in [5.41, 5.74) is 1.28. The second-order valence-corrected chi connectivity index (χ2v) is 7.62. The van der Waals surface area contributed by atoms with Gasteiger partial charge in [-0.25, -0.2) is 4.39 Å². The third-order valence-corrected chi connectivity index (χ3v) is 5.48. The minimum Gasteiger partial charge on any atom is -0.326 e. The monoisotopic (exact) mass is 405 g/mol. The van der Waals surface area contributed by atoms with Crippen molar-refractivity contribution >= 4 is 34.0 Å². The second-order valence-electron chi connectivity index (χ2n) is 7.62. The van der Waals surface area contributed by atoms with Crippen LogP contribution in [0, 0.1) is 11.7 Å². The Bertz CT molecular complexity index is 1060. The van der Waals surface area contributed by atoms with E-state index in [1.54, 1.807) is 12.1 Å². The molecule has 1 aliphatic rings. The average molecular weight is 405 g/mol. The van der Waals surface area contributed by atoms with Crippen LogP contribution in [0.3, 0.4) is 0 Å². The molecule has 0 radical (unpaired) electrons. The number of carbonyl (C=O) groups excluding carboxylic acids is 2. The lowest BCUT2D eigenvalue weighted by molar-refractivity contribution is -0.121. The molecular weight excluding hydrogens is 381 g/mol. The van der Waals surface area contributed by atoms with E-state index in [0.717, 1.165) is 16.5 Å². The Hall–Kier alpha value is -3.25. The molecule has 0 saturated carbocycles. The predicted octanol–water partition coefficient (Wildman–Crippen LogP) is 4.27. The number of halogens is 1. The van der Waals surface area contributed by atoms with Crippen molar-refractivity contribution < 1.29 is 14.0 Å². The summed E-state index contributed by atoms with van der Waals surface area (Å²) in [7, 11) is 0. The van der Waals surface area contributed by atoms with Gasteiger partial charge in [-0.05, 0) is 55.6 Å². The van der Waals surface area contributed by atoms with Crippen LogP contribution < -0.4 is 10.6 Å². The highest BCUT2D eigenvalue weighted by Gasteiger charge is 2.26. The first kappa shape index (κ1) is 20.0. The molecular formula is C24H24FN3O2. The van der Waals surface area contributed by atoms with Crippen LogP contribution in [0.2, 0.25) is 0 Å². The van der Waals surface area contributed by atoms with Crippen molar-refractivity contribution in [2.75, 3.05) is 30.3 Å². The van der Waals surface area contributed by atoms with Gasteiger partial charge in [0.05, 0.1) is 6.54 Å². The maximum Gasteiger partial charge on any atom is 0.238 e. The molecule has 1 fully saturated rings. The molecule has 1 heterocycles. The molecule has 0 aromatic heterocycles. The Morgan fingerprint density at radius 3 is 2.47 bits per heavy atom. The molecule has 154 valence electrons. The molecule has 0 unspecified atom stereocenters. The van der Waals surface area contributed by atoms with E-state index in [9.17, 15) is 14.0 Å². The smallest absolute Gasteiger partial charge is 0.238 e. The Kier molecular flexibility index (Phi) is 6.05. The lowest BCUT2D eigenvalue weighted by Gasteiger charge is -2.30. The highest BCUT2D eigenvalue weighted by atomic mass is 19.1. The summed E-state index contributed by atoms with van der Waals surface area (Å²) in [4.78, 5) is 27.0. The van der Waals surface area contributed by atoms with Gasteiger partial charge in [0, 0.05) is 22.7 Å². The number of anilines is 2. The van der Waals surface area contributed by atoms with Crippen molar-refractivity contribution in [1.82, 2.24) is 4.90 Å². The molecule has 30 heavy (non-hydrogen) atoms. The first-order chi connectivity index (χ1) is 14.6. The highest BCUT2D eigenvalue weighted by molar-refractivity contribution is 6.02. The number of rotatable bonds is 5. The van der Waals surface area contributed by atoms with E-state index in [-0.39, 0.29) is 23.5 Å². The molecule has 0 aliphatic carbocycles. The van der Waals surface area contributed by atoms with Crippen LogP contribution in [0.4, 0.5) is 15.8 Å². The second kappa shape index (κ2) is 9.05. The van der Waals surface area contributed by atoms with Crippen LogP contribution in [0.1, 0.15) is 12.8 Å². The lowest BCUT2D eigenvalue weighted by atomic mass is 9.95. The topological polar surface area (TPSA) is 61.4 Å². The number of nitrogens with zero attached hydrogens (tertiary/aromatic N) is 1. The van der Waals surface area contributed by atoms with E-state index in [1.165, 1.54) is 12.1 Å². The molecule has 1 aliphatic heterocycles. The van der Waals surface area contributed by atoms with Crippen molar-refractivity contribution in [2.24, 2.45) is 5.92 Å². The van der Waals surface area contributed by atoms with Crippen molar-refractivity contribution in [3.8, 4) is 0 Å². The number of amides is 2. The molecule has 0 bridgehead atoms. The summed E-state index contributed by atoms with van der Waals surface area (Å²) < 4.78 is 13.3. The van der Waals surface area contributed by atoms with Crippen molar-refractivity contribution in [1.29, 1.82) is 0 Å². The summed E-state index contributed by atoms with van der Waals surface area (Å²) in [6.07, 6.45) is 1.34. The Morgan fingerprint density at radius 2 is 1.67 bits per heavy atom. The van der Waals surface area contributed by atoms with Gasteiger partial charge >= 0.3 is 0 Å². The maximum absolute atomic E-state index is 13.3. The Labute approximate surface area is 174 Å². The van der Waals surface area contributed by atoms with Gasteiger partial charge in [-0.15, -0.1) is 0 Å². The Morgan fingerprint density at radius 1 is 0.933 bits per heavy atom. The number of carbonyl (C=O) groups is 2. The molecule has 0 atom stereocenters. The quantitative estimate of drug-likeness (QED) is 0.667. The van der Waals surface area contributed by atoms with Gasteiger partial charge in [0.2, 0.25) is 11.8 Å². The third kappa shape index (κ3) is 4.83. The maximum atomic E-state index is 13.3. The predicted molar refractivity (Wildman–Crippen MR) is 117 cm³/mol. The van der Waals surface area contributed by atoms with E-state index in [2.05, 4.69) is 15.5 Å². The molecule has 5 nitrogen and oxygen atoms in total. The number of likely N-dealkylation sites (tertiary alicyclic amines) is 1.